The van der Waals surface area contributed by atoms with Gasteiger partial charge in [-0.2, -0.15) is 21.0 Å². The van der Waals surface area contributed by atoms with Crippen LogP contribution in [-0.4, -0.2) is 215 Å². The normalized spacial score (nSPS) is 12.7. The van der Waals surface area contributed by atoms with Crippen molar-refractivity contribution in [2.45, 2.75) is 109 Å². The van der Waals surface area contributed by atoms with Crippen molar-refractivity contribution in [1.29, 1.82) is 0 Å². The minimum Gasteiger partial charge on any atom is -0.480 e. The number of ether oxygens (including phenoxy) is 4. The predicted molar refractivity (Wildman–Crippen MR) is 322 cm³/mol. The number of anilines is 1. The van der Waals surface area contributed by atoms with E-state index in [1.54, 1.807) is 20.8 Å². The van der Waals surface area contributed by atoms with E-state index in [2.05, 4.69) is 79.0 Å². The summed E-state index contributed by atoms with van der Waals surface area (Å²) in [5, 5.41) is 38.4. The van der Waals surface area contributed by atoms with Crippen LogP contribution in [0.3, 0.4) is 0 Å². The standard InChI is InChI=1S/C20H33N5O11.C18H36N2O8S3.C13H21N3OS/c1-21-17(29)10-23-18(30)11-36-9-8-35-7-6-22-15(27)4-3-14(20(33)34)25-16(28)5-2-13(19(31)32)24-12-26;1-5-27-10-11-28-9-8-19-15(21)7-6-12-30(23)20-16(22)13-18(4,29)17(2,3)14-31(24,25)26;1-2-3-8-15-13(17)11-4-6-12(7-5-11)14-9-10-16-18/h12-14H,2-11H2,1H3,(H,21,29)(H,22,27)(H,23,30)(H,24,26)(H,25,28)(H,31,32)(H,33,34);29H,5-14H2,1-4H3,(H,19,21)(H,20,22)(H,24,25,26);4-7,14,16,18H,2-3,8-10H2,1H3,(H,15,17). The fourth-order valence-corrected chi connectivity index (χ4v) is 8.94. The Bertz CT molecular complexity index is 2300. The van der Waals surface area contributed by atoms with Crippen molar-refractivity contribution in [3.63, 3.8) is 0 Å². The third kappa shape index (κ3) is 45.3. The molecule has 488 valence electrons. The van der Waals surface area contributed by atoms with E-state index < -0.39 is 84.7 Å². The van der Waals surface area contributed by atoms with Gasteiger partial charge in [-0.25, -0.2) is 13.8 Å². The van der Waals surface area contributed by atoms with Crippen LogP contribution < -0.4 is 52.0 Å². The van der Waals surface area contributed by atoms with Crippen molar-refractivity contribution >= 4 is 112 Å². The minimum absolute atomic E-state index is 0.00738. The Morgan fingerprint density at radius 2 is 1.25 bits per heavy atom. The Labute approximate surface area is 511 Å². The zero-order chi connectivity index (χ0) is 64.7. The molecule has 30 nitrogen and oxygen atoms in total. The summed E-state index contributed by atoms with van der Waals surface area (Å²) in [6.45, 7) is 13.5. The predicted octanol–water partition coefficient (Wildman–Crippen LogP) is -0.902. The molecule has 0 spiro atoms. The van der Waals surface area contributed by atoms with Crippen LogP contribution in [0.15, 0.2) is 24.3 Å². The van der Waals surface area contributed by atoms with Gasteiger partial charge in [-0.3, -0.25) is 52.4 Å². The zero-order valence-corrected chi connectivity index (χ0v) is 52.6. The highest BCUT2D eigenvalue weighted by molar-refractivity contribution is 7.86. The molecule has 0 aliphatic carbocycles. The molecule has 13 N–H and O–H groups in total. The van der Waals surface area contributed by atoms with E-state index in [9.17, 15) is 65.7 Å². The third-order valence-corrected chi connectivity index (χ3v) is 14.7. The van der Waals surface area contributed by atoms with Gasteiger partial charge in [0, 0.05) is 93.8 Å². The number of amides is 8. The molecule has 0 aromatic heterocycles. The lowest BCUT2D eigenvalue weighted by molar-refractivity contribution is -0.143. The SMILES string of the molecule is CCCCNC(=O)c1ccc(NCCNS)cc1.CCOCCOCCNC(=O)CCCS(=O)NC(=O)CC(C)(S)C(C)(C)CS(=O)(=O)O.CNC(=O)CNC(=O)COCCOCCNC(=O)CCC(NC(=O)CCC(NC=O)C(=O)O)C(=O)O. The summed E-state index contributed by atoms with van der Waals surface area (Å²) in [5.74, 6) is -5.93. The Kier molecular flexibility index (Phi) is 46.3. The maximum absolute atomic E-state index is 12.2. The van der Waals surface area contributed by atoms with Crippen LogP contribution in [0.4, 0.5) is 5.69 Å². The topological polar surface area (TPSA) is 440 Å². The summed E-state index contributed by atoms with van der Waals surface area (Å²) < 4.78 is 68.2. The number of carbonyl (C=O) groups excluding carboxylic acids is 8. The Hall–Kier alpha value is -5.72. The van der Waals surface area contributed by atoms with Gasteiger partial charge in [-0.05, 0) is 69.2 Å². The third-order valence-electron chi connectivity index (χ3n) is 11.6. The van der Waals surface area contributed by atoms with E-state index in [4.69, 9.17) is 28.6 Å². The lowest BCUT2D eigenvalue weighted by Gasteiger charge is -2.39. The maximum Gasteiger partial charge on any atom is 0.326 e. The molecule has 0 aliphatic rings. The summed E-state index contributed by atoms with van der Waals surface area (Å²) >= 11 is 8.30. The number of likely N-dealkylation sites (N-methyl/N-ethyl adjacent to an activating group) is 1. The van der Waals surface area contributed by atoms with E-state index in [-0.39, 0.29) is 108 Å². The molecule has 4 atom stereocenters. The highest BCUT2D eigenvalue weighted by atomic mass is 32.2. The van der Waals surface area contributed by atoms with Gasteiger partial charge in [0.25, 0.3) is 16.0 Å². The van der Waals surface area contributed by atoms with Crippen molar-refractivity contribution in [3.05, 3.63) is 29.8 Å². The van der Waals surface area contributed by atoms with Crippen LogP contribution in [-0.2, 0) is 83.2 Å². The van der Waals surface area contributed by atoms with Gasteiger partial charge in [0.15, 0.2) is 0 Å². The number of aliphatic carboxylic acids is 2. The zero-order valence-electron chi connectivity index (χ0n) is 49.2. The highest BCUT2D eigenvalue weighted by Crippen LogP contribution is 2.40. The van der Waals surface area contributed by atoms with E-state index in [0.717, 1.165) is 38.2 Å². The first-order chi connectivity index (χ1) is 40.1. The van der Waals surface area contributed by atoms with E-state index in [1.165, 1.54) is 7.05 Å². The molecule has 8 amide bonds. The molecule has 0 heterocycles. The molecular formula is C51H90N10O20S4. The number of rotatable bonds is 46. The Balaban J connectivity index is 0. The molecule has 4 unspecified atom stereocenters. The molecule has 1 aromatic carbocycles. The number of unbranched alkanes of at least 4 members (excludes halogenated alkanes) is 1. The number of carboxylic acid groups (broad SMARTS) is 2. The second-order valence-electron chi connectivity index (χ2n) is 19.1. The van der Waals surface area contributed by atoms with E-state index in [0.29, 0.717) is 45.0 Å². The molecule has 1 rings (SSSR count). The van der Waals surface area contributed by atoms with Crippen LogP contribution in [0.5, 0.6) is 0 Å². The summed E-state index contributed by atoms with van der Waals surface area (Å²) in [7, 11) is -4.49. The first kappa shape index (κ1) is 81.3. The lowest BCUT2D eigenvalue weighted by atomic mass is 9.78. The second-order valence-corrected chi connectivity index (χ2v) is 23.2. The number of benzene rings is 1. The average molecular weight is 1290 g/mol. The summed E-state index contributed by atoms with van der Waals surface area (Å²) in [5.41, 5.74) is 0.681. The minimum atomic E-state index is -4.25. The van der Waals surface area contributed by atoms with Crippen molar-refractivity contribution in [2.24, 2.45) is 5.41 Å². The first-order valence-electron chi connectivity index (χ1n) is 27.2. The number of carboxylic acids is 2. The molecule has 1 aromatic rings. The van der Waals surface area contributed by atoms with Gasteiger partial charge in [-0.15, -0.1) is 0 Å². The number of thiol groups is 2. The average Bonchev–Trinajstić information content (AvgIpc) is 3.39. The van der Waals surface area contributed by atoms with E-state index >= 15 is 0 Å². The van der Waals surface area contributed by atoms with Crippen LogP contribution in [0.1, 0.15) is 103 Å². The number of hydrogen-bond donors (Lipinski definition) is 15. The molecule has 0 fully saturated rings. The Morgan fingerprint density at radius 3 is 1.79 bits per heavy atom. The maximum atomic E-state index is 12.2. The van der Waals surface area contributed by atoms with Gasteiger partial charge < -0.3 is 71.7 Å². The van der Waals surface area contributed by atoms with Gasteiger partial charge in [0.1, 0.15) is 29.7 Å². The van der Waals surface area contributed by atoms with Crippen molar-refractivity contribution in [1.82, 2.24) is 46.7 Å². The van der Waals surface area contributed by atoms with Gasteiger partial charge in [-0.1, -0.05) is 40.0 Å². The monoisotopic (exact) mass is 1290 g/mol. The molecule has 85 heavy (non-hydrogen) atoms. The summed E-state index contributed by atoms with van der Waals surface area (Å²) in [4.78, 5) is 114. The molecule has 0 radical (unpaired) electrons. The van der Waals surface area contributed by atoms with Gasteiger partial charge in [0.05, 0.1) is 51.9 Å². The molecule has 0 aliphatic heterocycles. The molecule has 34 heteroatoms. The number of carbonyl (C=O) groups is 10. The Morgan fingerprint density at radius 1 is 0.682 bits per heavy atom. The largest absolute Gasteiger partial charge is 0.480 e. The quantitative estimate of drug-likeness (QED) is 0.0163. The smallest absolute Gasteiger partial charge is 0.326 e. The second kappa shape index (κ2) is 48.4. The fourth-order valence-electron chi connectivity index (χ4n) is 6.43. The highest BCUT2D eigenvalue weighted by Gasteiger charge is 2.42. The molecule has 0 saturated heterocycles. The number of hydrogen-bond acceptors (Lipinski definition) is 21. The van der Waals surface area contributed by atoms with E-state index in [1.807, 2.05) is 36.5 Å². The van der Waals surface area contributed by atoms with Crippen LogP contribution >= 0.6 is 25.4 Å². The summed E-state index contributed by atoms with van der Waals surface area (Å²) in [6.07, 6.45) is 1.60. The van der Waals surface area contributed by atoms with Crippen molar-refractivity contribution in [2.75, 3.05) is 116 Å². The lowest BCUT2D eigenvalue weighted by Crippen LogP contribution is -2.45. The molecule has 0 bridgehead atoms. The van der Waals surface area contributed by atoms with Gasteiger partial charge in [0.2, 0.25) is 41.9 Å². The van der Waals surface area contributed by atoms with Crippen LogP contribution in [0.25, 0.3) is 0 Å². The van der Waals surface area contributed by atoms with Crippen LogP contribution in [0, 0.1) is 5.41 Å². The van der Waals surface area contributed by atoms with Crippen molar-refractivity contribution in [3.8, 4) is 0 Å². The number of nitrogens with one attached hydrogen (secondary N) is 10. The molecule has 0 saturated carbocycles. The van der Waals surface area contributed by atoms with Gasteiger partial charge >= 0.3 is 11.9 Å². The van der Waals surface area contributed by atoms with Crippen LogP contribution in [0.2, 0.25) is 0 Å². The summed E-state index contributed by atoms with van der Waals surface area (Å²) in [6, 6.07) is 4.85. The first-order valence-corrected chi connectivity index (χ1v) is 31.0. The molecular weight excluding hydrogens is 1200 g/mol. The van der Waals surface area contributed by atoms with Crippen molar-refractivity contribution < 1.29 is 94.3 Å². The fraction of sp³-hybridized carbons (Fsp3) is 0.686.